The zero-order valence-corrected chi connectivity index (χ0v) is 13.1. The van der Waals surface area contributed by atoms with E-state index in [2.05, 4.69) is 21.3 Å². The van der Waals surface area contributed by atoms with Crippen LogP contribution in [0, 0.1) is 0 Å². The summed E-state index contributed by atoms with van der Waals surface area (Å²) < 4.78 is 0. The molecule has 2 heterocycles. The summed E-state index contributed by atoms with van der Waals surface area (Å²) in [6, 6.07) is 1.55. The van der Waals surface area contributed by atoms with Crippen LogP contribution in [0.1, 0.15) is 51.4 Å². The van der Waals surface area contributed by atoms with Gasteiger partial charge in [0.1, 0.15) is 0 Å². The molecule has 0 radical (unpaired) electrons. The molecular weight excluding hydrogens is 248 g/mol. The molecule has 0 aliphatic carbocycles. The molecule has 0 unspecified atom stereocenters. The van der Waals surface area contributed by atoms with E-state index in [0.717, 1.165) is 12.1 Å². The van der Waals surface area contributed by atoms with E-state index in [0.29, 0.717) is 0 Å². The molecule has 0 aromatic rings. The maximum atomic E-state index is 3.70. The van der Waals surface area contributed by atoms with Crippen molar-refractivity contribution in [2.75, 3.05) is 39.3 Å². The molecule has 2 aliphatic rings. The minimum absolute atomic E-state index is 0.776. The number of hydrogen-bond donors (Lipinski definition) is 4. The Hall–Kier alpha value is -0.160. The van der Waals surface area contributed by atoms with Gasteiger partial charge in [-0.15, -0.1) is 0 Å². The Bertz CT molecular complexity index is 199. The van der Waals surface area contributed by atoms with Crippen LogP contribution in [-0.4, -0.2) is 51.4 Å². The average molecular weight is 282 g/mol. The molecule has 2 aliphatic heterocycles. The van der Waals surface area contributed by atoms with Gasteiger partial charge < -0.3 is 21.3 Å². The Labute approximate surface area is 124 Å². The molecular formula is C16H34N4. The lowest BCUT2D eigenvalue weighted by Crippen LogP contribution is -2.40. The third-order valence-corrected chi connectivity index (χ3v) is 4.65. The first-order chi connectivity index (χ1) is 9.95. The molecule has 4 N–H and O–H groups in total. The maximum absolute atomic E-state index is 3.70. The topological polar surface area (TPSA) is 48.1 Å². The van der Waals surface area contributed by atoms with Gasteiger partial charge >= 0.3 is 0 Å². The first-order valence-corrected chi connectivity index (χ1v) is 8.83. The summed E-state index contributed by atoms with van der Waals surface area (Å²) in [5.74, 6) is 0. The first kappa shape index (κ1) is 16.2. The van der Waals surface area contributed by atoms with Crippen LogP contribution in [0.3, 0.4) is 0 Å². The minimum atomic E-state index is 0.776. The van der Waals surface area contributed by atoms with Gasteiger partial charge in [0, 0.05) is 12.1 Å². The largest absolute Gasteiger partial charge is 0.317 e. The SMILES string of the molecule is C(CCCNC1CCNCC1)CCNC1CCNCC1. The zero-order chi connectivity index (χ0) is 13.9. The van der Waals surface area contributed by atoms with Gasteiger partial charge in [-0.3, -0.25) is 0 Å². The second-order valence-electron chi connectivity index (χ2n) is 6.37. The average Bonchev–Trinajstić information content (AvgIpc) is 2.52. The van der Waals surface area contributed by atoms with Crippen molar-refractivity contribution in [2.45, 2.75) is 63.5 Å². The molecule has 0 aromatic carbocycles. The number of hydrogen-bond acceptors (Lipinski definition) is 4. The summed E-state index contributed by atoms with van der Waals surface area (Å²) in [6.07, 6.45) is 10.7. The molecule has 2 rings (SSSR count). The highest BCUT2D eigenvalue weighted by atomic mass is 15.0. The first-order valence-electron chi connectivity index (χ1n) is 8.83. The quantitative estimate of drug-likeness (QED) is 0.481. The lowest BCUT2D eigenvalue weighted by molar-refractivity contribution is 0.376. The normalized spacial score (nSPS) is 22.2. The van der Waals surface area contributed by atoms with E-state index < -0.39 is 0 Å². The zero-order valence-electron chi connectivity index (χ0n) is 13.1. The highest BCUT2D eigenvalue weighted by molar-refractivity contribution is 4.75. The van der Waals surface area contributed by atoms with Crippen molar-refractivity contribution in [1.29, 1.82) is 0 Å². The molecule has 0 spiro atoms. The molecule has 4 nitrogen and oxygen atoms in total. The van der Waals surface area contributed by atoms with Crippen LogP contribution in [0.2, 0.25) is 0 Å². The van der Waals surface area contributed by atoms with E-state index in [1.165, 1.54) is 90.6 Å². The molecule has 0 amide bonds. The van der Waals surface area contributed by atoms with E-state index in [9.17, 15) is 0 Å². The van der Waals surface area contributed by atoms with E-state index >= 15 is 0 Å². The molecule has 20 heavy (non-hydrogen) atoms. The van der Waals surface area contributed by atoms with E-state index in [-0.39, 0.29) is 0 Å². The molecule has 4 heteroatoms. The Balaban J connectivity index is 1.33. The van der Waals surface area contributed by atoms with Crippen LogP contribution in [0.15, 0.2) is 0 Å². The highest BCUT2D eigenvalue weighted by Gasteiger charge is 2.12. The van der Waals surface area contributed by atoms with Crippen molar-refractivity contribution in [3.63, 3.8) is 0 Å². The van der Waals surface area contributed by atoms with Gasteiger partial charge in [0.15, 0.2) is 0 Å². The smallest absolute Gasteiger partial charge is 0.00912 e. The Kier molecular flexibility index (Phi) is 8.55. The highest BCUT2D eigenvalue weighted by Crippen LogP contribution is 2.05. The lowest BCUT2D eigenvalue weighted by atomic mass is 10.1. The van der Waals surface area contributed by atoms with Gasteiger partial charge in [0.25, 0.3) is 0 Å². The fourth-order valence-electron chi connectivity index (χ4n) is 3.27. The minimum Gasteiger partial charge on any atom is -0.317 e. The van der Waals surface area contributed by atoms with Crippen LogP contribution in [0.25, 0.3) is 0 Å². The fraction of sp³-hybridized carbons (Fsp3) is 1.00. The fourth-order valence-corrected chi connectivity index (χ4v) is 3.27. The van der Waals surface area contributed by atoms with Crippen LogP contribution in [0.4, 0.5) is 0 Å². The standard InChI is InChI=1S/C16H34N4/c1(3-9-19-15-5-11-17-12-6-15)2-4-10-20-16-7-13-18-14-8-16/h15-20H,1-14H2. The summed E-state index contributed by atoms with van der Waals surface area (Å²) in [5, 5.41) is 14.2. The molecule has 0 bridgehead atoms. The van der Waals surface area contributed by atoms with Gasteiger partial charge in [-0.2, -0.15) is 0 Å². The summed E-state index contributed by atoms with van der Waals surface area (Å²) in [5.41, 5.74) is 0. The van der Waals surface area contributed by atoms with E-state index in [1.807, 2.05) is 0 Å². The van der Waals surface area contributed by atoms with Crippen molar-refractivity contribution in [1.82, 2.24) is 21.3 Å². The van der Waals surface area contributed by atoms with Crippen LogP contribution in [-0.2, 0) is 0 Å². The van der Waals surface area contributed by atoms with Gasteiger partial charge in [0.05, 0.1) is 0 Å². The molecule has 2 saturated heterocycles. The van der Waals surface area contributed by atoms with Crippen molar-refractivity contribution in [2.24, 2.45) is 0 Å². The summed E-state index contributed by atoms with van der Waals surface area (Å²) in [6.45, 7) is 7.21. The number of nitrogens with one attached hydrogen (secondary N) is 4. The second kappa shape index (κ2) is 10.6. The van der Waals surface area contributed by atoms with Gasteiger partial charge in [0.2, 0.25) is 0 Å². The van der Waals surface area contributed by atoms with Crippen molar-refractivity contribution in [3.8, 4) is 0 Å². The molecule has 0 aromatic heterocycles. The van der Waals surface area contributed by atoms with Crippen molar-refractivity contribution >= 4 is 0 Å². The van der Waals surface area contributed by atoms with Gasteiger partial charge in [-0.25, -0.2) is 0 Å². The third kappa shape index (κ3) is 7.02. The second-order valence-corrected chi connectivity index (χ2v) is 6.37. The number of piperidine rings is 2. The molecule has 2 fully saturated rings. The third-order valence-electron chi connectivity index (χ3n) is 4.65. The van der Waals surface area contributed by atoms with Crippen LogP contribution < -0.4 is 21.3 Å². The van der Waals surface area contributed by atoms with Gasteiger partial charge in [-0.1, -0.05) is 12.8 Å². The molecule has 0 atom stereocenters. The van der Waals surface area contributed by atoms with Gasteiger partial charge in [-0.05, 0) is 77.8 Å². The predicted octanol–water partition coefficient (Wildman–Crippen LogP) is 1.23. The molecule has 0 saturated carbocycles. The summed E-state index contributed by atoms with van der Waals surface area (Å²) in [4.78, 5) is 0. The maximum Gasteiger partial charge on any atom is 0.00912 e. The lowest BCUT2D eigenvalue weighted by Gasteiger charge is -2.24. The van der Waals surface area contributed by atoms with E-state index in [1.54, 1.807) is 0 Å². The predicted molar refractivity (Wildman–Crippen MR) is 86.3 cm³/mol. The Morgan fingerprint density at radius 1 is 0.600 bits per heavy atom. The van der Waals surface area contributed by atoms with Crippen molar-refractivity contribution in [3.05, 3.63) is 0 Å². The Morgan fingerprint density at radius 3 is 1.40 bits per heavy atom. The van der Waals surface area contributed by atoms with Crippen molar-refractivity contribution < 1.29 is 0 Å². The number of rotatable bonds is 9. The van der Waals surface area contributed by atoms with E-state index in [4.69, 9.17) is 0 Å². The van der Waals surface area contributed by atoms with Crippen LogP contribution in [0.5, 0.6) is 0 Å². The number of unbranched alkanes of at least 4 members (excludes halogenated alkanes) is 3. The Morgan fingerprint density at radius 2 is 1.00 bits per heavy atom. The molecule has 118 valence electrons. The van der Waals surface area contributed by atoms with Crippen LogP contribution >= 0.6 is 0 Å². The summed E-state index contributed by atoms with van der Waals surface area (Å²) in [7, 11) is 0. The summed E-state index contributed by atoms with van der Waals surface area (Å²) >= 11 is 0. The monoisotopic (exact) mass is 282 g/mol.